The molecular weight excluding hydrogens is 356 g/mol. The number of nitrogens with one attached hydrogen (secondary N) is 2. The fourth-order valence-electron chi connectivity index (χ4n) is 3.12. The third-order valence-corrected chi connectivity index (χ3v) is 4.46. The Kier molecular flexibility index (Phi) is 5.58. The summed E-state index contributed by atoms with van der Waals surface area (Å²) in [4.78, 5) is 12.5. The Hall–Kier alpha value is -3.25. The highest BCUT2D eigenvalue weighted by molar-refractivity contribution is 5.92. The Morgan fingerprint density at radius 2 is 1.79 bits per heavy atom. The van der Waals surface area contributed by atoms with E-state index in [2.05, 4.69) is 10.6 Å². The maximum absolute atomic E-state index is 12.5. The summed E-state index contributed by atoms with van der Waals surface area (Å²) in [6, 6.07) is 18.8. The lowest BCUT2D eigenvalue weighted by Crippen LogP contribution is -2.31. The Bertz CT molecular complexity index is 910. The smallest absolute Gasteiger partial charge is 0.238 e. The number of hydrogen-bond donors (Lipinski definition) is 2. The average molecular weight is 378 g/mol. The Morgan fingerprint density at radius 3 is 2.57 bits per heavy atom. The van der Waals surface area contributed by atoms with Crippen LogP contribution in [0.5, 0.6) is 11.5 Å². The van der Waals surface area contributed by atoms with E-state index in [-0.39, 0.29) is 18.5 Å². The van der Waals surface area contributed by atoms with E-state index in [0.717, 1.165) is 17.7 Å². The zero-order chi connectivity index (χ0) is 19.2. The van der Waals surface area contributed by atoms with Gasteiger partial charge in [-0.3, -0.25) is 10.1 Å². The van der Waals surface area contributed by atoms with Gasteiger partial charge in [0, 0.05) is 18.2 Å². The van der Waals surface area contributed by atoms with E-state index in [1.165, 1.54) is 0 Å². The van der Waals surface area contributed by atoms with Crippen molar-refractivity contribution in [1.29, 1.82) is 0 Å². The van der Waals surface area contributed by atoms with Gasteiger partial charge in [0.15, 0.2) is 11.5 Å². The second-order valence-electron chi connectivity index (χ2n) is 6.50. The Morgan fingerprint density at radius 1 is 0.964 bits per heavy atom. The molecule has 0 spiro atoms. The quantitative estimate of drug-likeness (QED) is 0.683. The fraction of sp³-hybridized carbons (Fsp3) is 0.227. The standard InChI is InChI=1S/C22H22N2O4/c25-21(24-17-9-10-18-20(14-17)28-13-5-12-26-18)15-23-22(19-8-4-11-27-19)16-6-2-1-3-7-16/h1-4,6-11,14,22-23H,5,12-13,15H2,(H,24,25)/t22-/m1/s1. The number of anilines is 1. The maximum Gasteiger partial charge on any atom is 0.238 e. The zero-order valence-electron chi connectivity index (χ0n) is 15.4. The minimum Gasteiger partial charge on any atom is -0.490 e. The molecule has 1 aliphatic rings. The summed E-state index contributed by atoms with van der Waals surface area (Å²) in [6.45, 7) is 1.37. The molecule has 28 heavy (non-hydrogen) atoms. The molecule has 2 N–H and O–H groups in total. The van der Waals surface area contributed by atoms with Crippen LogP contribution < -0.4 is 20.1 Å². The molecule has 0 radical (unpaired) electrons. The average Bonchev–Trinajstić information content (AvgIpc) is 3.14. The Labute approximate surface area is 163 Å². The molecule has 2 aromatic carbocycles. The van der Waals surface area contributed by atoms with E-state index >= 15 is 0 Å². The molecule has 0 saturated heterocycles. The number of furan rings is 1. The molecule has 3 aromatic rings. The van der Waals surface area contributed by atoms with Gasteiger partial charge in [0.1, 0.15) is 5.76 Å². The lowest BCUT2D eigenvalue weighted by molar-refractivity contribution is -0.115. The van der Waals surface area contributed by atoms with Crippen LogP contribution >= 0.6 is 0 Å². The summed E-state index contributed by atoms with van der Waals surface area (Å²) in [6.07, 6.45) is 2.47. The van der Waals surface area contributed by atoms with Crippen molar-refractivity contribution in [3.8, 4) is 11.5 Å². The molecule has 0 fully saturated rings. The van der Waals surface area contributed by atoms with Gasteiger partial charge in [-0.1, -0.05) is 30.3 Å². The van der Waals surface area contributed by atoms with Crippen LogP contribution in [-0.2, 0) is 4.79 Å². The molecule has 1 aromatic heterocycles. The van der Waals surface area contributed by atoms with Gasteiger partial charge in [-0.15, -0.1) is 0 Å². The lowest BCUT2D eigenvalue weighted by atomic mass is 10.0. The number of benzene rings is 2. The van der Waals surface area contributed by atoms with Gasteiger partial charge in [0.25, 0.3) is 0 Å². The van der Waals surface area contributed by atoms with Gasteiger partial charge in [-0.25, -0.2) is 0 Å². The molecule has 2 heterocycles. The van der Waals surface area contributed by atoms with E-state index in [1.54, 1.807) is 12.3 Å². The van der Waals surface area contributed by atoms with Crippen LogP contribution in [0.4, 0.5) is 5.69 Å². The molecule has 1 aliphatic heterocycles. The first kappa shape index (κ1) is 18.1. The first-order valence-electron chi connectivity index (χ1n) is 9.31. The summed E-state index contributed by atoms with van der Waals surface area (Å²) in [7, 11) is 0. The first-order chi connectivity index (χ1) is 13.8. The SMILES string of the molecule is O=C(CN[C@H](c1ccccc1)c1ccco1)Nc1ccc2c(c1)OCCCO2. The number of rotatable bonds is 6. The van der Waals surface area contributed by atoms with Gasteiger partial charge in [-0.05, 0) is 29.8 Å². The van der Waals surface area contributed by atoms with Gasteiger partial charge < -0.3 is 19.2 Å². The normalized spacial score (nSPS) is 14.1. The molecule has 0 unspecified atom stereocenters. The molecule has 144 valence electrons. The van der Waals surface area contributed by atoms with Gasteiger partial charge >= 0.3 is 0 Å². The van der Waals surface area contributed by atoms with Crippen molar-refractivity contribution in [2.75, 3.05) is 25.1 Å². The zero-order valence-corrected chi connectivity index (χ0v) is 15.4. The van der Waals surface area contributed by atoms with Crippen molar-refractivity contribution >= 4 is 11.6 Å². The lowest BCUT2D eigenvalue weighted by Gasteiger charge is -2.17. The first-order valence-corrected chi connectivity index (χ1v) is 9.31. The van der Waals surface area contributed by atoms with Crippen molar-refractivity contribution < 1.29 is 18.7 Å². The van der Waals surface area contributed by atoms with Gasteiger partial charge in [0.2, 0.25) is 5.91 Å². The van der Waals surface area contributed by atoms with Crippen molar-refractivity contribution in [3.05, 3.63) is 78.3 Å². The Balaban J connectivity index is 1.41. The summed E-state index contributed by atoms with van der Waals surface area (Å²) in [5.74, 6) is 1.97. The van der Waals surface area contributed by atoms with Crippen LogP contribution in [0.3, 0.4) is 0 Å². The molecule has 1 atom stereocenters. The second kappa shape index (κ2) is 8.63. The van der Waals surface area contributed by atoms with Crippen molar-refractivity contribution in [2.24, 2.45) is 0 Å². The number of ether oxygens (including phenoxy) is 2. The van der Waals surface area contributed by atoms with Crippen LogP contribution in [0.1, 0.15) is 23.8 Å². The van der Waals surface area contributed by atoms with Crippen LogP contribution in [0.25, 0.3) is 0 Å². The monoisotopic (exact) mass is 378 g/mol. The fourth-order valence-corrected chi connectivity index (χ4v) is 3.12. The number of fused-ring (bicyclic) bond motifs is 1. The number of amides is 1. The van der Waals surface area contributed by atoms with Crippen LogP contribution in [0.2, 0.25) is 0 Å². The molecule has 0 aliphatic carbocycles. The van der Waals surface area contributed by atoms with E-state index in [1.807, 2.05) is 54.6 Å². The molecule has 6 nitrogen and oxygen atoms in total. The largest absolute Gasteiger partial charge is 0.490 e. The molecular formula is C22H22N2O4. The van der Waals surface area contributed by atoms with E-state index in [4.69, 9.17) is 13.9 Å². The third kappa shape index (κ3) is 4.35. The van der Waals surface area contributed by atoms with Gasteiger partial charge in [-0.2, -0.15) is 0 Å². The van der Waals surface area contributed by atoms with Crippen molar-refractivity contribution in [2.45, 2.75) is 12.5 Å². The minimum atomic E-state index is -0.203. The van der Waals surface area contributed by atoms with E-state index in [9.17, 15) is 4.79 Å². The minimum absolute atomic E-state index is 0.134. The predicted molar refractivity (Wildman–Crippen MR) is 106 cm³/mol. The molecule has 0 saturated carbocycles. The molecule has 6 heteroatoms. The topological polar surface area (TPSA) is 72.7 Å². The third-order valence-electron chi connectivity index (χ3n) is 4.46. The van der Waals surface area contributed by atoms with Crippen LogP contribution in [-0.4, -0.2) is 25.7 Å². The summed E-state index contributed by atoms with van der Waals surface area (Å²) in [5.41, 5.74) is 1.70. The van der Waals surface area contributed by atoms with E-state index < -0.39 is 0 Å². The highest BCUT2D eigenvalue weighted by Gasteiger charge is 2.18. The van der Waals surface area contributed by atoms with Crippen molar-refractivity contribution in [1.82, 2.24) is 5.32 Å². The number of hydrogen-bond acceptors (Lipinski definition) is 5. The summed E-state index contributed by atoms with van der Waals surface area (Å²) < 4.78 is 16.8. The maximum atomic E-state index is 12.5. The van der Waals surface area contributed by atoms with Crippen molar-refractivity contribution in [3.63, 3.8) is 0 Å². The highest BCUT2D eigenvalue weighted by atomic mass is 16.5. The highest BCUT2D eigenvalue weighted by Crippen LogP contribution is 2.32. The molecule has 4 rings (SSSR count). The van der Waals surface area contributed by atoms with Crippen LogP contribution in [0, 0.1) is 0 Å². The van der Waals surface area contributed by atoms with E-state index in [0.29, 0.717) is 30.4 Å². The summed E-state index contributed by atoms with van der Waals surface area (Å²) in [5, 5.41) is 6.17. The second-order valence-corrected chi connectivity index (χ2v) is 6.50. The van der Waals surface area contributed by atoms with Gasteiger partial charge in [0.05, 0.1) is 32.1 Å². The predicted octanol–water partition coefficient (Wildman–Crippen LogP) is 3.76. The van der Waals surface area contributed by atoms with Crippen LogP contribution in [0.15, 0.2) is 71.3 Å². The summed E-state index contributed by atoms with van der Waals surface area (Å²) >= 11 is 0. The number of carbonyl (C=O) groups excluding carboxylic acids is 1. The molecule has 0 bridgehead atoms. The number of carbonyl (C=O) groups is 1. The molecule has 1 amide bonds.